The quantitative estimate of drug-likeness (QED) is 0.588. The van der Waals surface area contributed by atoms with Gasteiger partial charge in [0.15, 0.2) is 5.65 Å². The molecule has 0 radical (unpaired) electrons. The van der Waals surface area contributed by atoms with Crippen molar-refractivity contribution in [2.75, 3.05) is 10.6 Å². The molecular weight excluding hydrogens is 312 g/mol. The highest BCUT2D eigenvalue weighted by Gasteiger charge is 2.12. The molecule has 0 atom stereocenters. The first kappa shape index (κ1) is 15.1. The summed E-state index contributed by atoms with van der Waals surface area (Å²) in [7, 11) is 1.87. The number of rotatable bonds is 4. The van der Waals surface area contributed by atoms with Crippen molar-refractivity contribution in [2.24, 2.45) is 7.05 Å². The number of fused-ring (bicyclic) bond motifs is 1. The van der Waals surface area contributed by atoms with Crippen LogP contribution in [0, 0.1) is 6.92 Å². The highest BCUT2D eigenvalue weighted by molar-refractivity contribution is 5.89. The third-order valence-corrected chi connectivity index (χ3v) is 3.90. The van der Waals surface area contributed by atoms with E-state index in [1.165, 1.54) is 5.56 Å². The van der Waals surface area contributed by atoms with Crippen molar-refractivity contribution >= 4 is 34.2 Å². The first-order valence-corrected chi connectivity index (χ1v) is 8.04. The smallest absolute Gasteiger partial charge is 0.231 e. The van der Waals surface area contributed by atoms with Crippen LogP contribution < -0.4 is 10.6 Å². The van der Waals surface area contributed by atoms with Crippen LogP contribution in [0.2, 0.25) is 0 Å². The van der Waals surface area contributed by atoms with E-state index in [1.54, 1.807) is 10.9 Å². The molecule has 2 aromatic heterocycles. The Morgan fingerprint density at radius 2 is 1.68 bits per heavy atom. The van der Waals surface area contributed by atoms with Gasteiger partial charge in [0.05, 0.1) is 11.6 Å². The fourth-order valence-corrected chi connectivity index (χ4v) is 2.68. The maximum Gasteiger partial charge on any atom is 0.231 e. The molecular formula is C19H18N6. The molecule has 4 rings (SSSR count). The third kappa shape index (κ3) is 3.14. The zero-order chi connectivity index (χ0) is 17.2. The number of benzene rings is 2. The van der Waals surface area contributed by atoms with Crippen LogP contribution in [0.15, 0.2) is 60.8 Å². The van der Waals surface area contributed by atoms with E-state index in [4.69, 9.17) is 0 Å². The largest absolute Gasteiger partial charge is 0.339 e. The summed E-state index contributed by atoms with van der Waals surface area (Å²) in [4.78, 5) is 9.25. The molecule has 6 heteroatoms. The van der Waals surface area contributed by atoms with Gasteiger partial charge in [-0.2, -0.15) is 15.1 Å². The van der Waals surface area contributed by atoms with Gasteiger partial charge in [-0.25, -0.2) is 0 Å². The maximum atomic E-state index is 4.65. The number of nitrogens with zero attached hydrogens (tertiary/aromatic N) is 4. The average Bonchev–Trinajstić information content (AvgIpc) is 2.97. The number of para-hydroxylation sites is 1. The van der Waals surface area contributed by atoms with Crippen LogP contribution in [0.3, 0.4) is 0 Å². The molecule has 0 saturated carbocycles. The lowest BCUT2D eigenvalue weighted by Crippen LogP contribution is -2.03. The van der Waals surface area contributed by atoms with Crippen LogP contribution in [0.25, 0.3) is 11.0 Å². The number of hydrogen-bond acceptors (Lipinski definition) is 5. The zero-order valence-electron chi connectivity index (χ0n) is 14.1. The van der Waals surface area contributed by atoms with E-state index in [9.17, 15) is 0 Å². The normalized spacial score (nSPS) is 10.8. The molecule has 0 aliphatic carbocycles. The third-order valence-electron chi connectivity index (χ3n) is 3.90. The van der Waals surface area contributed by atoms with Crippen molar-refractivity contribution in [3.05, 3.63) is 66.4 Å². The molecule has 124 valence electrons. The van der Waals surface area contributed by atoms with Gasteiger partial charge in [-0.1, -0.05) is 30.3 Å². The van der Waals surface area contributed by atoms with Crippen LogP contribution in [0.1, 0.15) is 5.56 Å². The lowest BCUT2D eigenvalue weighted by atomic mass is 10.2. The Labute approximate surface area is 145 Å². The molecule has 0 spiro atoms. The van der Waals surface area contributed by atoms with Gasteiger partial charge >= 0.3 is 0 Å². The summed E-state index contributed by atoms with van der Waals surface area (Å²) in [6, 6.07) is 18.1. The van der Waals surface area contributed by atoms with Crippen LogP contribution in [-0.4, -0.2) is 19.7 Å². The van der Waals surface area contributed by atoms with Crippen molar-refractivity contribution in [1.82, 2.24) is 19.7 Å². The first-order valence-electron chi connectivity index (χ1n) is 8.04. The molecule has 2 aromatic carbocycles. The van der Waals surface area contributed by atoms with Crippen LogP contribution in [-0.2, 0) is 7.05 Å². The van der Waals surface area contributed by atoms with Crippen molar-refractivity contribution in [1.29, 1.82) is 0 Å². The van der Waals surface area contributed by atoms with Gasteiger partial charge in [-0.15, -0.1) is 0 Å². The van der Waals surface area contributed by atoms with Crippen molar-refractivity contribution in [3.8, 4) is 0 Å². The van der Waals surface area contributed by atoms with E-state index in [2.05, 4.69) is 44.8 Å². The first-order chi connectivity index (χ1) is 12.2. The Kier molecular flexibility index (Phi) is 3.78. The molecule has 25 heavy (non-hydrogen) atoms. The summed E-state index contributed by atoms with van der Waals surface area (Å²) >= 11 is 0. The molecule has 0 aliphatic rings. The predicted molar refractivity (Wildman–Crippen MR) is 100 cm³/mol. The van der Waals surface area contributed by atoms with Gasteiger partial charge in [-0.05, 0) is 36.8 Å². The molecule has 0 unspecified atom stereocenters. The molecule has 0 bridgehead atoms. The molecule has 0 saturated heterocycles. The average molecular weight is 330 g/mol. The Morgan fingerprint density at radius 3 is 2.48 bits per heavy atom. The topological polar surface area (TPSA) is 67.7 Å². The molecule has 0 fully saturated rings. The van der Waals surface area contributed by atoms with Crippen molar-refractivity contribution in [2.45, 2.75) is 6.92 Å². The molecule has 2 heterocycles. The maximum absolute atomic E-state index is 4.65. The highest BCUT2D eigenvalue weighted by Crippen LogP contribution is 2.26. The Bertz CT molecular complexity index is 1020. The van der Waals surface area contributed by atoms with Gasteiger partial charge in [-0.3, -0.25) is 4.68 Å². The van der Waals surface area contributed by atoms with Gasteiger partial charge in [0.25, 0.3) is 0 Å². The Morgan fingerprint density at radius 1 is 0.880 bits per heavy atom. The molecule has 2 N–H and O–H groups in total. The second-order valence-electron chi connectivity index (χ2n) is 5.89. The molecule has 6 nitrogen and oxygen atoms in total. The predicted octanol–water partition coefficient (Wildman–Crippen LogP) is 4.16. The van der Waals surface area contributed by atoms with E-state index in [0.717, 1.165) is 28.2 Å². The van der Waals surface area contributed by atoms with E-state index < -0.39 is 0 Å². The number of anilines is 4. The minimum Gasteiger partial charge on any atom is -0.339 e. The van der Waals surface area contributed by atoms with E-state index in [1.807, 2.05) is 49.5 Å². The number of aryl methyl sites for hydroxylation is 2. The van der Waals surface area contributed by atoms with Crippen molar-refractivity contribution < 1.29 is 0 Å². The van der Waals surface area contributed by atoms with E-state index in [0.29, 0.717) is 5.95 Å². The van der Waals surface area contributed by atoms with E-state index >= 15 is 0 Å². The number of aromatic nitrogens is 4. The lowest BCUT2D eigenvalue weighted by molar-refractivity contribution is 0.786. The van der Waals surface area contributed by atoms with Gasteiger partial charge in [0.2, 0.25) is 5.95 Å². The minimum absolute atomic E-state index is 0.528. The van der Waals surface area contributed by atoms with Crippen LogP contribution in [0.5, 0.6) is 0 Å². The second-order valence-corrected chi connectivity index (χ2v) is 5.89. The SMILES string of the molecule is Cc1cccc(Nc2nc(Nc3ccccc3)c3cnn(C)c3n2)c1. The number of hydrogen-bond donors (Lipinski definition) is 2. The summed E-state index contributed by atoms with van der Waals surface area (Å²) in [5.41, 5.74) is 3.86. The molecule has 0 aliphatic heterocycles. The van der Waals surface area contributed by atoms with Crippen LogP contribution in [0.4, 0.5) is 23.1 Å². The van der Waals surface area contributed by atoms with E-state index in [-0.39, 0.29) is 0 Å². The van der Waals surface area contributed by atoms with Gasteiger partial charge in [0.1, 0.15) is 5.82 Å². The summed E-state index contributed by atoms with van der Waals surface area (Å²) < 4.78 is 1.74. The Hall–Kier alpha value is -3.41. The summed E-state index contributed by atoms with van der Waals surface area (Å²) in [6.07, 6.45) is 1.77. The fraction of sp³-hybridized carbons (Fsp3) is 0.105. The highest BCUT2D eigenvalue weighted by atomic mass is 15.3. The Balaban J connectivity index is 1.76. The fourth-order valence-electron chi connectivity index (χ4n) is 2.68. The lowest BCUT2D eigenvalue weighted by Gasteiger charge is -2.10. The minimum atomic E-state index is 0.528. The van der Waals surface area contributed by atoms with Gasteiger partial charge in [0, 0.05) is 18.4 Å². The van der Waals surface area contributed by atoms with Crippen molar-refractivity contribution in [3.63, 3.8) is 0 Å². The van der Waals surface area contributed by atoms with Gasteiger partial charge < -0.3 is 10.6 Å². The summed E-state index contributed by atoms with van der Waals surface area (Å²) in [6.45, 7) is 2.05. The second kappa shape index (κ2) is 6.24. The molecule has 4 aromatic rings. The zero-order valence-corrected chi connectivity index (χ0v) is 14.1. The number of nitrogens with one attached hydrogen (secondary N) is 2. The standard InChI is InChI=1S/C19H18N6/c1-13-7-6-10-15(11-13)22-19-23-17(21-14-8-4-3-5-9-14)16-12-20-25(2)18(16)24-19/h3-12H,1-2H3,(H2,21,22,23,24). The molecule has 0 amide bonds. The van der Waals surface area contributed by atoms with Crippen LogP contribution >= 0.6 is 0 Å². The summed E-state index contributed by atoms with van der Waals surface area (Å²) in [5.74, 6) is 1.25. The monoisotopic (exact) mass is 330 g/mol. The summed E-state index contributed by atoms with van der Waals surface area (Å²) in [5, 5.41) is 11.8.